The van der Waals surface area contributed by atoms with Gasteiger partial charge >= 0.3 is 0 Å². The number of hydrogen-bond donors (Lipinski definition) is 4. The maximum absolute atomic E-state index is 14.7. The fourth-order valence-corrected chi connectivity index (χ4v) is 8.11. The number of Topliss-reactive ketones (excluding diaryl/α,β-unsaturated/α-hetero) is 3. The van der Waals surface area contributed by atoms with Crippen LogP contribution in [0.15, 0.2) is 60.7 Å². The minimum Gasteiger partial charge on any atom is -0.507 e. The van der Waals surface area contributed by atoms with Gasteiger partial charge in [0, 0.05) is 67.8 Å². The number of carbonyl (C=O) groups excluding carboxylic acids is 5. The van der Waals surface area contributed by atoms with Crippen LogP contribution in [-0.4, -0.2) is 88.5 Å². The number of hydrogen-bond acceptors (Lipinski definition) is 13. The van der Waals surface area contributed by atoms with Crippen LogP contribution >= 0.6 is 0 Å². The monoisotopic (exact) mass is 901 g/mol. The Labute approximate surface area is 387 Å². The van der Waals surface area contributed by atoms with Crippen molar-refractivity contribution < 1.29 is 38.6 Å². The maximum Gasteiger partial charge on any atom is 0.226 e. The van der Waals surface area contributed by atoms with Crippen LogP contribution in [0.3, 0.4) is 0 Å². The van der Waals surface area contributed by atoms with Crippen molar-refractivity contribution in [2.24, 2.45) is 28.7 Å². The van der Waals surface area contributed by atoms with Gasteiger partial charge in [0.05, 0.1) is 35.7 Å². The molecule has 5 rings (SSSR count). The van der Waals surface area contributed by atoms with E-state index in [4.69, 9.17) is 20.9 Å². The standard InChI is InChI=1S/C51H63N7O8/c1-30-25-44(62)47(35-13-16-41(59)38(28-35)39-26-33(10-17-45(39)66-24-22-54)27-40(57-49(30)63)42(60)9-8-20-52)58(7)50(64)36(18-21-53)29-43(61)46-31(2)55-48(56-32(46)3)34-11-14-37(15-12-34)65-23-19-51(4,5)6/h10-17,26,28,30,36,40,47,59H,8-9,18-19,21-25,27,29,53-54H2,1-7H3,(H,57,63)/t30-,36-,40+,47+/m1/s1. The van der Waals surface area contributed by atoms with Crippen molar-refractivity contribution in [3.8, 4) is 45.8 Å². The Balaban J connectivity index is 1.48. The van der Waals surface area contributed by atoms with Gasteiger partial charge in [0.25, 0.3) is 0 Å². The molecule has 0 fully saturated rings. The molecule has 4 aromatic rings. The van der Waals surface area contributed by atoms with Gasteiger partial charge in [-0.05, 0) is 105 Å². The number of rotatable bonds is 17. The van der Waals surface area contributed by atoms with Gasteiger partial charge in [-0.2, -0.15) is 5.26 Å². The average Bonchev–Trinajstić information content (AvgIpc) is 3.26. The second kappa shape index (κ2) is 22.6. The Bertz CT molecular complexity index is 2430. The van der Waals surface area contributed by atoms with Crippen LogP contribution in [0.2, 0.25) is 0 Å². The minimum atomic E-state index is -1.28. The smallest absolute Gasteiger partial charge is 0.226 e. The van der Waals surface area contributed by atoms with Gasteiger partial charge in [0.2, 0.25) is 11.8 Å². The fourth-order valence-electron chi connectivity index (χ4n) is 8.11. The zero-order chi connectivity index (χ0) is 48.3. The first-order valence-electron chi connectivity index (χ1n) is 22.5. The quantitative estimate of drug-likeness (QED) is 0.0825. The summed E-state index contributed by atoms with van der Waals surface area (Å²) in [7, 11) is 1.47. The molecule has 1 aliphatic rings. The summed E-state index contributed by atoms with van der Waals surface area (Å²) in [4.78, 5) is 81.2. The van der Waals surface area contributed by atoms with Gasteiger partial charge in [-0.25, -0.2) is 9.97 Å². The number of nitrogens with zero attached hydrogens (tertiary/aromatic N) is 4. The zero-order valence-electron chi connectivity index (χ0n) is 39.1. The van der Waals surface area contributed by atoms with Crippen molar-refractivity contribution in [3.05, 3.63) is 88.7 Å². The van der Waals surface area contributed by atoms with E-state index in [9.17, 15) is 34.3 Å². The van der Waals surface area contributed by atoms with Crippen molar-refractivity contribution in [3.63, 3.8) is 0 Å². The number of fused-ring (bicyclic) bond motifs is 5. The average molecular weight is 902 g/mol. The first-order valence-corrected chi connectivity index (χ1v) is 22.5. The SMILES string of the molecule is Cc1nc(-c2ccc(OCCC(C)(C)C)cc2)nc(C)c1C(=O)C[C@@H](CCN)C(=O)N(C)[C@@H]1C(=O)C[C@@H](C)C(=O)N[C@H](C(=O)CCC#N)Cc2ccc(OCCN)c(c2)-c2cc1ccc2O. The number of likely N-dealkylation sites (N-methyl/N-ethyl adjacent to an activating group) is 1. The van der Waals surface area contributed by atoms with Crippen LogP contribution in [0.1, 0.15) is 105 Å². The molecule has 0 saturated heterocycles. The minimum absolute atomic E-state index is 0.0428. The predicted octanol–water partition coefficient (Wildman–Crippen LogP) is 6.53. The summed E-state index contributed by atoms with van der Waals surface area (Å²) in [5.41, 5.74) is 15.6. The molecule has 15 nitrogen and oxygen atoms in total. The van der Waals surface area contributed by atoms with E-state index in [1.807, 2.05) is 30.3 Å². The van der Waals surface area contributed by atoms with E-state index in [-0.39, 0.29) is 92.1 Å². The second-order valence-corrected chi connectivity index (χ2v) is 18.2. The summed E-state index contributed by atoms with van der Waals surface area (Å²) in [6, 6.07) is 16.8. The molecule has 0 saturated carbocycles. The third-order valence-corrected chi connectivity index (χ3v) is 11.7. The highest BCUT2D eigenvalue weighted by atomic mass is 16.5. The number of aromatic hydroxyl groups is 1. The number of nitrogens with two attached hydrogens (primary N) is 2. The first kappa shape index (κ1) is 50.5. The number of phenolic OH excluding ortho intramolecular Hbond substituents is 1. The highest BCUT2D eigenvalue weighted by Crippen LogP contribution is 2.40. The van der Waals surface area contributed by atoms with Gasteiger partial charge in [-0.3, -0.25) is 24.0 Å². The summed E-state index contributed by atoms with van der Waals surface area (Å²) >= 11 is 0. The number of nitriles is 1. The number of ether oxygens (including phenoxy) is 2. The largest absolute Gasteiger partial charge is 0.507 e. The molecule has 15 heteroatoms. The lowest BCUT2D eigenvalue weighted by atomic mass is 9.88. The Morgan fingerprint density at radius 1 is 0.939 bits per heavy atom. The third kappa shape index (κ3) is 12.9. The maximum atomic E-state index is 14.7. The van der Waals surface area contributed by atoms with Crippen molar-refractivity contribution in [1.82, 2.24) is 20.2 Å². The normalized spacial score (nSPS) is 16.9. The molecule has 0 spiro atoms. The van der Waals surface area contributed by atoms with Crippen molar-refractivity contribution >= 4 is 29.2 Å². The Kier molecular flexibility index (Phi) is 17.3. The van der Waals surface area contributed by atoms with E-state index in [1.165, 1.54) is 24.1 Å². The van der Waals surface area contributed by atoms with Gasteiger partial charge in [0.15, 0.2) is 23.2 Å². The predicted molar refractivity (Wildman–Crippen MR) is 250 cm³/mol. The number of aromatic nitrogens is 2. The van der Waals surface area contributed by atoms with Gasteiger partial charge in [-0.1, -0.05) is 39.8 Å². The molecule has 350 valence electrons. The summed E-state index contributed by atoms with van der Waals surface area (Å²) < 4.78 is 11.9. The van der Waals surface area contributed by atoms with Gasteiger partial charge in [0.1, 0.15) is 29.9 Å². The van der Waals surface area contributed by atoms with Crippen LogP contribution in [0, 0.1) is 42.4 Å². The van der Waals surface area contributed by atoms with E-state index < -0.39 is 41.5 Å². The lowest BCUT2D eigenvalue weighted by Crippen LogP contribution is -2.46. The van der Waals surface area contributed by atoms with Crippen LogP contribution in [0.25, 0.3) is 22.5 Å². The fraction of sp³-hybridized carbons (Fsp3) is 0.451. The molecule has 4 atom stereocenters. The number of amides is 2. The lowest BCUT2D eigenvalue weighted by Gasteiger charge is -2.32. The van der Waals surface area contributed by atoms with E-state index in [1.54, 1.807) is 45.0 Å². The summed E-state index contributed by atoms with van der Waals surface area (Å²) in [6.07, 6.45) is 0.378. The van der Waals surface area contributed by atoms with Crippen molar-refractivity contribution in [2.75, 3.05) is 33.4 Å². The molecule has 4 bridgehead atoms. The summed E-state index contributed by atoms with van der Waals surface area (Å²) in [5, 5.41) is 23.4. The number of nitrogens with one attached hydrogen (secondary N) is 1. The lowest BCUT2D eigenvalue weighted by molar-refractivity contribution is -0.142. The van der Waals surface area contributed by atoms with Crippen LogP contribution < -0.4 is 26.3 Å². The molecule has 2 heterocycles. The summed E-state index contributed by atoms with van der Waals surface area (Å²) in [5.74, 6) is -2.82. The molecule has 1 aliphatic heterocycles. The molecular formula is C51H63N7O8. The van der Waals surface area contributed by atoms with Crippen LogP contribution in [-0.2, 0) is 25.6 Å². The second-order valence-electron chi connectivity index (χ2n) is 18.2. The van der Waals surface area contributed by atoms with Crippen LogP contribution in [0.4, 0.5) is 0 Å². The number of carbonyl (C=O) groups is 5. The zero-order valence-corrected chi connectivity index (χ0v) is 39.1. The third-order valence-electron chi connectivity index (χ3n) is 11.7. The Morgan fingerprint density at radius 2 is 1.64 bits per heavy atom. The van der Waals surface area contributed by atoms with E-state index >= 15 is 0 Å². The topological polar surface area (TPSA) is 241 Å². The molecule has 2 amide bonds. The molecule has 0 aliphatic carbocycles. The van der Waals surface area contributed by atoms with Gasteiger partial charge < -0.3 is 36.3 Å². The van der Waals surface area contributed by atoms with Crippen molar-refractivity contribution in [1.29, 1.82) is 5.26 Å². The molecule has 0 unspecified atom stereocenters. The molecule has 3 aromatic carbocycles. The highest BCUT2D eigenvalue weighted by molar-refractivity contribution is 6.01. The number of aryl methyl sites for hydroxylation is 2. The molecule has 6 N–H and O–H groups in total. The van der Waals surface area contributed by atoms with Crippen molar-refractivity contribution in [2.45, 2.75) is 98.6 Å². The summed E-state index contributed by atoms with van der Waals surface area (Å²) in [6.45, 7) is 12.5. The number of phenols is 1. The number of ketones is 3. The van der Waals surface area contributed by atoms with E-state index in [0.717, 1.165) is 17.7 Å². The molecule has 1 aromatic heterocycles. The Morgan fingerprint density at radius 3 is 2.27 bits per heavy atom. The number of benzene rings is 3. The molecular weight excluding hydrogens is 839 g/mol. The Hall–Kier alpha value is -6.50. The van der Waals surface area contributed by atoms with E-state index in [2.05, 4.69) is 36.1 Å². The highest BCUT2D eigenvalue weighted by Gasteiger charge is 2.36. The van der Waals surface area contributed by atoms with Crippen LogP contribution in [0.5, 0.6) is 17.2 Å². The molecule has 0 radical (unpaired) electrons. The molecule has 66 heavy (non-hydrogen) atoms. The van der Waals surface area contributed by atoms with E-state index in [0.29, 0.717) is 46.3 Å². The van der Waals surface area contributed by atoms with Gasteiger partial charge in [-0.15, -0.1) is 0 Å². The first-order chi connectivity index (χ1) is 31.3.